The summed E-state index contributed by atoms with van der Waals surface area (Å²) in [4.78, 5) is 11.4. The zero-order chi connectivity index (χ0) is 13.7. The van der Waals surface area contributed by atoms with Crippen LogP contribution in [0.15, 0.2) is 12.4 Å². The normalized spacial score (nSPS) is 24.4. The van der Waals surface area contributed by atoms with Crippen molar-refractivity contribution in [2.75, 3.05) is 25.0 Å². The van der Waals surface area contributed by atoms with Gasteiger partial charge in [0.05, 0.1) is 18.1 Å². The van der Waals surface area contributed by atoms with E-state index in [1.807, 2.05) is 12.4 Å². The Morgan fingerprint density at radius 2 is 1.95 bits per heavy atom. The van der Waals surface area contributed by atoms with E-state index in [4.69, 9.17) is 0 Å². The lowest BCUT2D eigenvalue weighted by atomic mass is 9.92. The van der Waals surface area contributed by atoms with Crippen LogP contribution in [0.3, 0.4) is 0 Å². The molecule has 2 heterocycles. The average Bonchev–Trinajstić information content (AvgIpc) is 2.37. The summed E-state index contributed by atoms with van der Waals surface area (Å²) in [6, 6.07) is 0. The highest BCUT2D eigenvalue weighted by molar-refractivity contribution is 5.30. The number of piperidine rings is 1. The van der Waals surface area contributed by atoms with Crippen LogP contribution in [0.25, 0.3) is 0 Å². The van der Waals surface area contributed by atoms with E-state index >= 15 is 0 Å². The molecule has 2 unspecified atom stereocenters. The van der Waals surface area contributed by atoms with Crippen LogP contribution >= 0.6 is 0 Å². The van der Waals surface area contributed by atoms with Crippen molar-refractivity contribution in [3.05, 3.63) is 18.1 Å². The van der Waals surface area contributed by atoms with Gasteiger partial charge in [0.15, 0.2) is 0 Å². The second-order valence-electron chi connectivity index (χ2n) is 5.96. The Labute approximate surface area is 116 Å². The Balaban J connectivity index is 1.88. The zero-order valence-corrected chi connectivity index (χ0v) is 12.4. The molecule has 0 aromatic carbocycles. The number of nitrogens with one attached hydrogen (secondary N) is 1. The van der Waals surface area contributed by atoms with Crippen LogP contribution in [-0.2, 0) is 6.54 Å². The molecule has 0 bridgehead atoms. The maximum absolute atomic E-state index is 4.51. The first-order valence-corrected chi connectivity index (χ1v) is 7.44. The lowest BCUT2D eigenvalue weighted by molar-refractivity contribution is 0.133. The van der Waals surface area contributed by atoms with Crippen molar-refractivity contribution in [1.82, 2.24) is 14.9 Å². The number of hydrogen-bond donors (Lipinski definition) is 1. The fourth-order valence-electron chi connectivity index (χ4n) is 2.93. The van der Waals surface area contributed by atoms with E-state index < -0.39 is 0 Å². The molecule has 2 rings (SSSR count). The van der Waals surface area contributed by atoms with Gasteiger partial charge >= 0.3 is 0 Å². The Bertz CT molecular complexity index is 366. The SMILES string of the molecule is CCCNc1cnc(CN2CC(C)CC(C)C2)cn1. The van der Waals surface area contributed by atoms with Crippen molar-refractivity contribution in [1.29, 1.82) is 0 Å². The van der Waals surface area contributed by atoms with Gasteiger partial charge in [-0.1, -0.05) is 20.8 Å². The highest BCUT2D eigenvalue weighted by Gasteiger charge is 2.21. The maximum atomic E-state index is 4.51. The summed E-state index contributed by atoms with van der Waals surface area (Å²) >= 11 is 0. The molecular weight excluding hydrogens is 236 g/mol. The number of nitrogens with zero attached hydrogens (tertiary/aromatic N) is 3. The molecule has 1 aromatic rings. The maximum Gasteiger partial charge on any atom is 0.144 e. The first-order valence-electron chi connectivity index (χ1n) is 7.44. The van der Waals surface area contributed by atoms with E-state index in [0.29, 0.717) is 0 Å². The molecule has 0 saturated carbocycles. The molecule has 0 spiro atoms. The van der Waals surface area contributed by atoms with Crippen LogP contribution in [0.1, 0.15) is 39.3 Å². The quantitative estimate of drug-likeness (QED) is 0.886. The lowest BCUT2D eigenvalue weighted by Gasteiger charge is -2.34. The lowest BCUT2D eigenvalue weighted by Crippen LogP contribution is -2.38. The standard InChI is InChI=1S/C15H26N4/c1-4-5-16-15-8-17-14(7-18-15)11-19-9-12(2)6-13(3)10-19/h7-8,12-13H,4-6,9-11H2,1-3H3,(H,16,18). The predicted octanol–water partition coefficient (Wildman–Crippen LogP) is 2.78. The molecule has 1 aromatic heterocycles. The number of hydrogen-bond acceptors (Lipinski definition) is 4. The number of rotatable bonds is 5. The van der Waals surface area contributed by atoms with Gasteiger partial charge in [-0.2, -0.15) is 0 Å². The van der Waals surface area contributed by atoms with Gasteiger partial charge in [-0.3, -0.25) is 9.88 Å². The average molecular weight is 262 g/mol. The Kier molecular flexibility index (Phi) is 5.14. The van der Waals surface area contributed by atoms with Crippen LogP contribution in [0, 0.1) is 11.8 Å². The molecule has 1 fully saturated rings. The van der Waals surface area contributed by atoms with Crippen molar-refractivity contribution < 1.29 is 0 Å². The third-order valence-corrected chi connectivity index (χ3v) is 3.59. The smallest absolute Gasteiger partial charge is 0.144 e. The third-order valence-electron chi connectivity index (χ3n) is 3.59. The van der Waals surface area contributed by atoms with Gasteiger partial charge in [-0.15, -0.1) is 0 Å². The molecule has 1 aliphatic heterocycles. The summed E-state index contributed by atoms with van der Waals surface area (Å²) in [5.74, 6) is 2.47. The van der Waals surface area contributed by atoms with E-state index in [0.717, 1.165) is 42.9 Å². The van der Waals surface area contributed by atoms with Gasteiger partial charge in [0.25, 0.3) is 0 Å². The fraction of sp³-hybridized carbons (Fsp3) is 0.733. The van der Waals surface area contributed by atoms with Crippen LogP contribution in [0.4, 0.5) is 5.82 Å². The first-order chi connectivity index (χ1) is 9.17. The van der Waals surface area contributed by atoms with Crippen LogP contribution in [0.5, 0.6) is 0 Å². The highest BCUT2D eigenvalue weighted by Crippen LogP contribution is 2.21. The predicted molar refractivity (Wildman–Crippen MR) is 79.0 cm³/mol. The zero-order valence-electron chi connectivity index (χ0n) is 12.4. The van der Waals surface area contributed by atoms with Gasteiger partial charge < -0.3 is 5.32 Å². The molecule has 0 radical (unpaired) electrons. The molecule has 1 N–H and O–H groups in total. The summed E-state index contributed by atoms with van der Waals surface area (Å²) in [7, 11) is 0. The molecule has 2 atom stereocenters. The van der Waals surface area contributed by atoms with E-state index in [-0.39, 0.29) is 0 Å². The summed E-state index contributed by atoms with van der Waals surface area (Å²) in [6.07, 6.45) is 6.21. The van der Waals surface area contributed by atoms with Crippen molar-refractivity contribution in [3.63, 3.8) is 0 Å². The Morgan fingerprint density at radius 3 is 2.53 bits per heavy atom. The summed E-state index contributed by atoms with van der Waals surface area (Å²) < 4.78 is 0. The van der Waals surface area contributed by atoms with Crippen LogP contribution < -0.4 is 5.32 Å². The number of likely N-dealkylation sites (tertiary alicyclic amines) is 1. The third kappa shape index (κ3) is 4.46. The van der Waals surface area contributed by atoms with Gasteiger partial charge in [0, 0.05) is 26.2 Å². The summed E-state index contributed by atoms with van der Waals surface area (Å²) in [5, 5.41) is 3.25. The molecule has 1 saturated heterocycles. The Hall–Kier alpha value is -1.16. The summed E-state index contributed by atoms with van der Waals surface area (Å²) in [6.45, 7) is 11.1. The minimum atomic E-state index is 0.794. The van der Waals surface area contributed by atoms with Crippen molar-refractivity contribution in [2.24, 2.45) is 11.8 Å². The molecule has 0 amide bonds. The van der Waals surface area contributed by atoms with Crippen LogP contribution in [0.2, 0.25) is 0 Å². The molecule has 19 heavy (non-hydrogen) atoms. The molecule has 1 aliphatic rings. The number of aromatic nitrogens is 2. The van der Waals surface area contributed by atoms with Crippen molar-refractivity contribution >= 4 is 5.82 Å². The Morgan fingerprint density at radius 1 is 1.21 bits per heavy atom. The van der Waals surface area contributed by atoms with Gasteiger partial charge in [0.1, 0.15) is 5.82 Å². The van der Waals surface area contributed by atoms with E-state index in [1.165, 1.54) is 19.5 Å². The fourth-order valence-corrected chi connectivity index (χ4v) is 2.93. The van der Waals surface area contributed by atoms with Crippen LogP contribution in [-0.4, -0.2) is 34.5 Å². The van der Waals surface area contributed by atoms with Gasteiger partial charge in [0.2, 0.25) is 0 Å². The molecule has 0 aliphatic carbocycles. The van der Waals surface area contributed by atoms with Gasteiger partial charge in [-0.25, -0.2) is 4.98 Å². The minimum absolute atomic E-state index is 0.794. The van der Waals surface area contributed by atoms with Crippen molar-refractivity contribution in [2.45, 2.75) is 40.2 Å². The van der Waals surface area contributed by atoms with Gasteiger partial charge in [-0.05, 0) is 24.7 Å². The molecule has 4 heteroatoms. The first kappa shape index (κ1) is 14.3. The second kappa shape index (κ2) is 6.85. The van der Waals surface area contributed by atoms with E-state index in [2.05, 4.69) is 41.0 Å². The van der Waals surface area contributed by atoms with Crippen molar-refractivity contribution in [3.8, 4) is 0 Å². The molecule has 106 valence electrons. The van der Waals surface area contributed by atoms with E-state index in [9.17, 15) is 0 Å². The summed E-state index contributed by atoms with van der Waals surface area (Å²) in [5.41, 5.74) is 1.07. The molecular formula is C15H26N4. The minimum Gasteiger partial charge on any atom is -0.369 e. The largest absolute Gasteiger partial charge is 0.369 e. The highest BCUT2D eigenvalue weighted by atomic mass is 15.1. The van der Waals surface area contributed by atoms with E-state index in [1.54, 1.807) is 0 Å². The topological polar surface area (TPSA) is 41.1 Å². The second-order valence-corrected chi connectivity index (χ2v) is 5.96. The molecule has 4 nitrogen and oxygen atoms in total. The monoisotopic (exact) mass is 262 g/mol. The number of anilines is 1.